The molecule has 0 N–H and O–H groups in total. The third kappa shape index (κ3) is 8.20. The lowest BCUT2D eigenvalue weighted by molar-refractivity contribution is 0.264. The third-order valence-corrected chi connectivity index (χ3v) is 3.01. The van der Waals surface area contributed by atoms with Crippen molar-refractivity contribution < 1.29 is 4.74 Å². The Morgan fingerprint density at radius 1 is 1.42 bits per heavy atom. The van der Waals surface area contributed by atoms with Crippen LogP contribution >= 0.6 is 0 Å². The van der Waals surface area contributed by atoms with Crippen LogP contribution in [0.2, 0.25) is 0 Å². The Balaban J connectivity index is 4.18. The summed E-state index contributed by atoms with van der Waals surface area (Å²) in [6.45, 7) is 12.3. The summed E-state index contributed by atoms with van der Waals surface area (Å²) in [6, 6.07) is 2.05. The number of hydrogen-bond acceptors (Lipinski definition) is 3. The zero-order valence-electron chi connectivity index (χ0n) is 12.7. The molecule has 0 aliphatic rings. The number of nitrogens with zero attached hydrogens (tertiary/aromatic N) is 2. The summed E-state index contributed by atoms with van der Waals surface area (Å²) in [4.78, 5) is 4.26. The molecule has 1 unspecified atom stereocenters. The van der Waals surface area contributed by atoms with Gasteiger partial charge in [-0.1, -0.05) is 39.7 Å². The highest BCUT2D eigenvalue weighted by atomic mass is 16.5. The summed E-state index contributed by atoms with van der Waals surface area (Å²) < 4.78 is 5.57. The van der Waals surface area contributed by atoms with E-state index in [1.807, 2.05) is 6.92 Å². The van der Waals surface area contributed by atoms with Crippen molar-refractivity contribution in [3.8, 4) is 6.07 Å². The van der Waals surface area contributed by atoms with Crippen LogP contribution in [0.1, 0.15) is 53.4 Å². The topological polar surface area (TPSA) is 45.4 Å². The van der Waals surface area contributed by atoms with Crippen LogP contribution in [-0.4, -0.2) is 12.5 Å². The molecule has 106 valence electrons. The maximum Gasteiger partial charge on any atom is 0.184 e. The Morgan fingerprint density at radius 3 is 2.63 bits per heavy atom. The molecule has 0 bridgehead atoms. The van der Waals surface area contributed by atoms with Gasteiger partial charge in [-0.2, -0.15) is 5.26 Å². The minimum atomic E-state index is 0.485. The Kier molecular flexibility index (Phi) is 9.52. The van der Waals surface area contributed by atoms with Gasteiger partial charge in [-0.15, -0.1) is 0 Å². The van der Waals surface area contributed by atoms with Gasteiger partial charge in [0.15, 0.2) is 5.90 Å². The van der Waals surface area contributed by atoms with Crippen molar-refractivity contribution in [3.05, 3.63) is 23.9 Å². The number of ether oxygens (including phenoxy) is 1. The molecule has 0 rings (SSSR count). The van der Waals surface area contributed by atoms with Crippen LogP contribution in [0.25, 0.3) is 0 Å². The lowest BCUT2D eigenvalue weighted by Crippen LogP contribution is -2.06. The van der Waals surface area contributed by atoms with E-state index in [2.05, 4.69) is 31.5 Å². The average molecular weight is 262 g/mol. The highest BCUT2D eigenvalue weighted by molar-refractivity contribution is 5.74. The maximum atomic E-state index is 8.85. The molecule has 0 aliphatic heterocycles. The number of allylic oxidation sites excluding steroid dienone is 3. The molecule has 0 saturated carbocycles. The molecule has 1 atom stereocenters. The Morgan fingerprint density at radius 2 is 2.11 bits per heavy atom. The number of aliphatic imine (C=N–C) groups is 1. The molecule has 0 fully saturated rings. The van der Waals surface area contributed by atoms with Gasteiger partial charge in [-0.05, 0) is 25.3 Å². The van der Waals surface area contributed by atoms with E-state index in [9.17, 15) is 0 Å². The van der Waals surface area contributed by atoms with Gasteiger partial charge in [0.2, 0.25) is 0 Å². The van der Waals surface area contributed by atoms with Gasteiger partial charge in [-0.3, -0.25) is 0 Å². The van der Waals surface area contributed by atoms with Crippen LogP contribution in [0.3, 0.4) is 0 Å². The highest BCUT2D eigenvalue weighted by Crippen LogP contribution is 2.12. The molecule has 0 saturated heterocycles. The van der Waals surface area contributed by atoms with Crippen molar-refractivity contribution in [2.75, 3.05) is 6.61 Å². The van der Waals surface area contributed by atoms with Gasteiger partial charge in [0.25, 0.3) is 0 Å². The van der Waals surface area contributed by atoms with E-state index in [0.29, 0.717) is 29.7 Å². The second-order valence-electron chi connectivity index (χ2n) is 4.83. The molecule has 0 amide bonds. The summed E-state index contributed by atoms with van der Waals surface area (Å²) in [5.74, 6) is 1.29. The number of hydrogen-bond donors (Lipinski definition) is 0. The van der Waals surface area contributed by atoms with Gasteiger partial charge in [0.1, 0.15) is 6.07 Å². The molecule has 19 heavy (non-hydrogen) atoms. The molecule has 0 heterocycles. The van der Waals surface area contributed by atoms with Gasteiger partial charge < -0.3 is 4.74 Å². The zero-order valence-corrected chi connectivity index (χ0v) is 12.7. The molecule has 3 nitrogen and oxygen atoms in total. The molecule has 0 aromatic heterocycles. The largest absolute Gasteiger partial charge is 0.481 e. The quantitative estimate of drug-likeness (QED) is 0.277. The van der Waals surface area contributed by atoms with Crippen molar-refractivity contribution >= 4 is 5.90 Å². The molecule has 0 aromatic rings. The maximum absolute atomic E-state index is 8.85. The molecule has 0 spiro atoms. The second-order valence-corrected chi connectivity index (χ2v) is 4.83. The third-order valence-electron chi connectivity index (χ3n) is 3.01. The van der Waals surface area contributed by atoms with Crippen LogP contribution in [0.15, 0.2) is 28.9 Å². The predicted octanol–water partition coefficient (Wildman–Crippen LogP) is 4.62. The molecular weight excluding hydrogens is 236 g/mol. The zero-order chi connectivity index (χ0) is 14.7. The Bertz CT molecular complexity index is 375. The van der Waals surface area contributed by atoms with E-state index in [-0.39, 0.29) is 0 Å². The fourth-order valence-corrected chi connectivity index (χ4v) is 1.71. The monoisotopic (exact) mass is 262 g/mol. The predicted molar refractivity (Wildman–Crippen MR) is 80.9 cm³/mol. The molecule has 0 radical (unpaired) electrons. The summed E-state index contributed by atoms with van der Waals surface area (Å²) in [5.41, 5.74) is 1.13. The fourth-order valence-electron chi connectivity index (χ4n) is 1.71. The van der Waals surface area contributed by atoms with Crippen LogP contribution in [0, 0.1) is 17.2 Å². The first-order chi connectivity index (χ1) is 9.04. The number of rotatable bonds is 8. The van der Waals surface area contributed by atoms with Crippen molar-refractivity contribution in [2.24, 2.45) is 10.9 Å². The van der Waals surface area contributed by atoms with Crippen molar-refractivity contribution in [1.29, 1.82) is 5.26 Å². The standard InChI is InChI=1S/C16H26N2O/c1-6-8-9-13(3)10-11-19-15(5)18-14(4)16(7-2)12-17/h7,13H,2,6,8-11H2,1,3-5H3/b16-14+,18-15?. The summed E-state index contributed by atoms with van der Waals surface area (Å²) >= 11 is 0. The average Bonchev–Trinajstić information content (AvgIpc) is 2.37. The van der Waals surface area contributed by atoms with Gasteiger partial charge in [0.05, 0.1) is 17.9 Å². The minimum Gasteiger partial charge on any atom is -0.481 e. The van der Waals surface area contributed by atoms with E-state index in [1.165, 1.54) is 25.3 Å². The summed E-state index contributed by atoms with van der Waals surface area (Å²) in [5, 5.41) is 8.85. The van der Waals surface area contributed by atoms with Crippen LogP contribution in [0.4, 0.5) is 0 Å². The Labute approximate surface area is 117 Å². The van der Waals surface area contributed by atoms with E-state index < -0.39 is 0 Å². The number of nitriles is 1. The van der Waals surface area contributed by atoms with E-state index in [4.69, 9.17) is 10.00 Å². The molecular formula is C16H26N2O. The summed E-state index contributed by atoms with van der Waals surface area (Å²) in [6.07, 6.45) is 6.33. The molecule has 3 heteroatoms. The SMILES string of the molecule is C=C/C(C#N)=C(/C)N=C(C)OCCC(C)CCCC. The van der Waals surface area contributed by atoms with Crippen molar-refractivity contribution in [1.82, 2.24) is 0 Å². The van der Waals surface area contributed by atoms with Crippen LogP contribution in [-0.2, 0) is 4.74 Å². The molecule has 0 aliphatic carbocycles. The highest BCUT2D eigenvalue weighted by Gasteiger charge is 2.03. The van der Waals surface area contributed by atoms with Crippen LogP contribution < -0.4 is 0 Å². The first-order valence-electron chi connectivity index (χ1n) is 6.96. The fraction of sp³-hybridized carbons (Fsp3) is 0.625. The lowest BCUT2D eigenvalue weighted by Gasteiger charge is -2.11. The van der Waals surface area contributed by atoms with Gasteiger partial charge in [-0.25, -0.2) is 4.99 Å². The van der Waals surface area contributed by atoms with E-state index in [1.54, 1.807) is 6.92 Å². The first-order valence-corrected chi connectivity index (χ1v) is 6.96. The smallest absolute Gasteiger partial charge is 0.184 e. The normalized spacial score (nSPS) is 14.4. The minimum absolute atomic E-state index is 0.485. The number of unbranched alkanes of at least 4 members (excludes halogenated alkanes) is 1. The second kappa shape index (κ2) is 10.4. The first kappa shape index (κ1) is 17.4. The lowest BCUT2D eigenvalue weighted by atomic mass is 10.0. The molecule has 0 aromatic carbocycles. The van der Waals surface area contributed by atoms with Crippen LogP contribution in [0.5, 0.6) is 0 Å². The van der Waals surface area contributed by atoms with E-state index in [0.717, 1.165) is 6.42 Å². The van der Waals surface area contributed by atoms with Crippen molar-refractivity contribution in [2.45, 2.75) is 53.4 Å². The Hall–Kier alpha value is -1.56. The van der Waals surface area contributed by atoms with Gasteiger partial charge >= 0.3 is 0 Å². The van der Waals surface area contributed by atoms with E-state index >= 15 is 0 Å². The van der Waals surface area contributed by atoms with Gasteiger partial charge in [0, 0.05) is 6.92 Å². The van der Waals surface area contributed by atoms with Crippen molar-refractivity contribution in [3.63, 3.8) is 0 Å². The summed E-state index contributed by atoms with van der Waals surface area (Å²) in [7, 11) is 0.